The highest BCUT2D eigenvalue weighted by atomic mass is 16.4. The second kappa shape index (κ2) is 3.22. The molecule has 4 atom stereocenters. The molecule has 88 valence electrons. The topological polar surface area (TPSA) is 74.6 Å². The van der Waals surface area contributed by atoms with Crippen molar-refractivity contribution in [1.82, 2.24) is 0 Å². The molecule has 0 aromatic rings. The van der Waals surface area contributed by atoms with Gasteiger partial charge in [0.25, 0.3) is 0 Å². The highest BCUT2D eigenvalue weighted by molar-refractivity contribution is 5.75. The van der Waals surface area contributed by atoms with Gasteiger partial charge in [-0.1, -0.05) is 0 Å². The summed E-state index contributed by atoms with van der Waals surface area (Å²) in [5.41, 5.74) is 0. The van der Waals surface area contributed by atoms with E-state index < -0.39 is 11.9 Å². The largest absolute Gasteiger partial charge is 0.481 e. The lowest BCUT2D eigenvalue weighted by atomic mass is 9.65. The average molecular weight is 224 g/mol. The smallest absolute Gasteiger partial charge is 0.307 e. The molecule has 16 heavy (non-hydrogen) atoms. The summed E-state index contributed by atoms with van der Waals surface area (Å²) >= 11 is 0. The molecular weight excluding hydrogens is 208 g/mol. The van der Waals surface area contributed by atoms with Crippen molar-refractivity contribution in [2.75, 3.05) is 0 Å². The van der Waals surface area contributed by atoms with E-state index in [1.54, 1.807) is 0 Å². The van der Waals surface area contributed by atoms with Crippen molar-refractivity contribution < 1.29 is 19.8 Å². The molecule has 0 aromatic heterocycles. The van der Waals surface area contributed by atoms with Gasteiger partial charge >= 0.3 is 11.9 Å². The molecule has 3 fully saturated rings. The van der Waals surface area contributed by atoms with Gasteiger partial charge in [-0.3, -0.25) is 9.59 Å². The lowest BCUT2D eigenvalue weighted by molar-refractivity contribution is -0.156. The maximum atomic E-state index is 11.3. The van der Waals surface area contributed by atoms with Crippen LogP contribution in [0, 0.1) is 35.5 Å². The molecular formula is C12H16O4. The number of aliphatic carboxylic acids is 2. The first-order valence-electron chi connectivity index (χ1n) is 6.07. The van der Waals surface area contributed by atoms with Gasteiger partial charge in [0.2, 0.25) is 0 Å². The van der Waals surface area contributed by atoms with Crippen LogP contribution in [0.1, 0.15) is 25.7 Å². The molecule has 0 saturated heterocycles. The quantitative estimate of drug-likeness (QED) is 0.744. The van der Waals surface area contributed by atoms with Gasteiger partial charge in [0.05, 0.1) is 11.8 Å². The molecule has 4 bridgehead atoms. The minimum Gasteiger partial charge on any atom is -0.481 e. The molecule has 0 heterocycles. The minimum atomic E-state index is -0.701. The third kappa shape index (κ3) is 1.10. The minimum absolute atomic E-state index is 0.127. The van der Waals surface area contributed by atoms with Crippen LogP contribution < -0.4 is 0 Å². The fourth-order valence-corrected chi connectivity index (χ4v) is 4.78. The van der Waals surface area contributed by atoms with Crippen molar-refractivity contribution in [2.45, 2.75) is 25.7 Å². The molecule has 3 rings (SSSR count). The third-order valence-corrected chi connectivity index (χ3v) is 5.18. The summed E-state index contributed by atoms with van der Waals surface area (Å²) in [5.74, 6) is -1.41. The van der Waals surface area contributed by atoms with Crippen molar-refractivity contribution in [1.29, 1.82) is 0 Å². The standard InChI is InChI=1S/C12H16O4/c13-11(14)9-5-1-2-6(9)8-4-3-7(5)10(8)12(15)16/h5-10H,1-4H2,(H,13,14)(H,15,16). The van der Waals surface area contributed by atoms with E-state index in [0.29, 0.717) is 0 Å². The molecule has 4 heteroatoms. The van der Waals surface area contributed by atoms with E-state index in [2.05, 4.69) is 0 Å². The van der Waals surface area contributed by atoms with Gasteiger partial charge in [0.15, 0.2) is 0 Å². The SMILES string of the molecule is O=C(O)C1C2CCC1C1CCC2C1C(=O)O. The van der Waals surface area contributed by atoms with Gasteiger partial charge in [0, 0.05) is 0 Å². The lowest BCUT2D eigenvalue weighted by Gasteiger charge is -2.37. The first-order chi connectivity index (χ1) is 7.61. The molecule has 0 aliphatic heterocycles. The van der Waals surface area contributed by atoms with Gasteiger partial charge in [-0.05, 0) is 49.4 Å². The summed E-state index contributed by atoms with van der Waals surface area (Å²) in [5, 5.41) is 18.5. The normalized spacial score (nSPS) is 49.2. The maximum absolute atomic E-state index is 11.3. The molecule has 4 unspecified atom stereocenters. The monoisotopic (exact) mass is 224 g/mol. The summed E-state index contributed by atoms with van der Waals surface area (Å²) in [4.78, 5) is 22.5. The Morgan fingerprint density at radius 2 is 0.938 bits per heavy atom. The Kier molecular flexibility index (Phi) is 2.03. The van der Waals surface area contributed by atoms with Gasteiger partial charge in [-0.2, -0.15) is 0 Å². The number of hydrogen-bond acceptors (Lipinski definition) is 2. The van der Waals surface area contributed by atoms with Crippen LogP contribution in [0.25, 0.3) is 0 Å². The molecule has 3 aliphatic rings. The molecule has 4 nitrogen and oxygen atoms in total. The number of fused-ring (bicyclic) bond motifs is 6. The first kappa shape index (κ1) is 10.1. The Balaban J connectivity index is 1.97. The molecule has 0 amide bonds. The predicted molar refractivity (Wildman–Crippen MR) is 54.7 cm³/mol. The zero-order valence-corrected chi connectivity index (χ0v) is 9.00. The second-order valence-corrected chi connectivity index (χ2v) is 5.54. The Morgan fingerprint density at radius 3 is 1.12 bits per heavy atom. The van der Waals surface area contributed by atoms with Crippen molar-refractivity contribution in [3.63, 3.8) is 0 Å². The van der Waals surface area contributed by atoms with E-state index in [9.17, 15) is 19.8 Å². The van der Waals surface area contributed by atoms with Crippen LogP contribution in [-0.4, -0.2) is 22.2 Å². The molecule has 0 radical (unpaired) electrons. The van der Waals surface area contributed by atoms with Crippen LogP contribution in [0.5, 0.6) is 0 Å². The molecule has 3 saturated carbocycles. The number of carbonyl (C=O) groups is 2. The van der Waals surface area contributed by atoms with Gasteiger partial charge < -0.3 is 10.2 Å². The van der Waals surface area contributed by atoms with E-state index in [1.165, 1.54) is 0 Å². The third-order valence-electron chi connectivity index (χ3n) is 5.18. The van der Waals surface area contributed by atoms with Crippen LogP contribution >= 0.6 is 0 Å². The van der Waals surface area contributed by atoms with Gasteiger partial charge in [-0.25, -0.2) is 0 Å². The summed E-state index contributed by atoms with van der Waals surface area (Å²) in [6.45, 7) is 0. The molecule has 2 N–H and O–H groups in total. The van der Waals surface area contributed by atoms with Gasteiger partial charge in [-0.15, -0.1) is 0 Å². The van der Waals surface area contributed by atoms with Gasteiger partial charge in [0.1, 0.15) is 0 Å². The summed E-state index contributed by atoms with van der Waals surface area (Å²) < 4.78 is 0. The zero-order valence-electron chi connectivity index (χ0n) is 9.00. The van der Waals surface area contributed by atoms with E-state index in [0.717, 1.165) is 25.7 Å². The fourth-order valence-electron chi connectivity index (χ4n) is 4.78. The average Bonchev–Trinajstić information content (AvgIpc) is 2.68. The van der Waals surface area contributed by atoms with Crippen LogP contribution in [0.15, 0.2) is 0 Å². The van der Waals surface area contributed by atoms with Crippen LogP contribution in [-0.2, 0) is 9.59 Å². The predicted octanol–water partition coefficient (Wildman–Crippen LogP) is 1.45. The van der Waals surface area contributed by atoms with E-state index in [4.69, 9.17) is 0 Å². The Hall–Kier alpha value is -1.06. The fraction of sp³-hybridized carbons (Fsp3) is 0.833. The maximum Gasteiger partial charge on any atom is 0.307 e. The first-order valence-corrected chi connectivity index (χ1v) is 6.07. The summed E-state index contributed by atoms with van der Waals surface area (Å²) in [7, 11) is 0. The molecule has 3 aliphatic carbocycles. The van der Waals surface area contributed by atoms with Crippen molar-refractivity contribution in [3.05, 3.63) is 0 Å². The van der Waals surface area contributed by atoms with Crippen molar-refractivity contribution in [3.8, 4) is 0 Å². The molecule has 0 spiro atoms. The number of carboxylic acid groups (broad SMARTS) is 2. The summed E-state index contributed by atoms with van der Waals surface area (Å²) in [6.07, 6.45) is 3.69. The lowest BCUT2D eigenvalue weighted by Crippen LogP contribution is -2.43. The Labute approximate surface area is 93.6 Å². The Bertz CT molecular complexity index is 297. The van der Waals surface area contributed by atoms with Crippen LogP contribution in [0.2, 0.25) is 0 Å². The highest BCUT2D eigenvalue weighted by Gasteiger charge is 2.61. The number of hydrogen-bond donors (Lipinski definition) is 2. The van der Waals surface area contributed by atoms with Crippen molar-refractivity contribution >= 4 is 11.9 Å². The summed E-state index contributed by atoms with van der Waals surface area (Å²) in [6, 6.07) is 0. The van der Waals surface area contributed by atoms with E-state index in [1.807, 2.05) is 0 Å². The highest BCUT2D eigenvalue weighted by Crippen LogP contribution is 2.61. The Morgan fingerprint density at radius 1 is 0.688 bits per heavy atom. The van der Waals surface area contributed by atoms with Crippen LogP contribution in [0.3, 0.4) is 0 Å². The molecule has 0 aromatic carbocycles. The van der Waals surface area contributed by atoms with Crippen LogP contribution in [0.4, 0.5) is 0 Å². The number of rotatable bonds is 2. The van der Waals surface area contributed by atoms with Crippen molar-refractivity contribution in [2.24, 2.45) is 35.5 Å². The second-order valence-electron chi connectivity index (χ2n) is 5.54. The van der Waals surface area contributed by atoms with E-state index in [-0.39, 0.29) is 35.5 Å². The zero-order chi connectivity index (χ0) is 11.4. The number of carboxylic acids is 2. The van der Waals surface area contributed by atoms with E-state index >= 15 is 0 Å².